The maximum atomic E-state index is 13.1. The molecule has 0 aliphatic rings. The molecule has 2 rings (SSSR count). The maximum absolute atomic E-state index is 13.1. The van der Waals surface area contributed by atoms with Crippen LogP contribution in [0.15, 0.2) is 26.7 Å². The molecule has 1 heterocycles. The van der Waals surface area contributed by atoms with E-state index in [0.29, 0.717) is 36.8 Å². The lowest BCUT2D eigenvalue weighted by atomic mass is 10.2. The molecule has 0 bridgehead atoms. The number of hydrogen-bond acceptors (Lipinski definition) is 10. The smallest absolute Gasteiger partial charge is 0.345 e. The number of ether oxygens (including phenoxy) is 1. The molecule has 0 amide bonds. The van der Waals surface area contributed by atoms with Crippen LogP contribution in [0.4, 0.5) is 35.5 Å². The Kier molecular flexibility index (Phi) is 8.49. The Morgan fingerprint density at radius 3 is 2.40 bits per heavy atom. The van der Waals surface area contributed by atoms with E-state index in [2.05, 4.69) is 28.3 Å². The minimum absolute atomic E-state index is 0.0820. The van der Waals surface area contributed by atoms with E-state index < -0.39 is 15.8 Å². The summed E-state index contributed by atoms with van der Waals surface area (Å²) in [5.41, 5.74) is 0.0883. The topological polar surface area (TPSA) is 102 Å². The number of hydrogen-bond donors (Lipinski definition) is 0. The van der Waals surface area contributed by atoms with Gasteiger partial charge in [-0.2, -0.15) is 17.5 Å². The number of azo groups is 1. The van der Waals surface area contributed by atoms with Crippen molar-refractivity contribution >= 4 is 43.7 Å². The Morgan fingerprint density at radius 2 is 1.90 bits per heavy atom. The quantitative estimate of drug-likeness (QED) is 0.428. The van der Waals surface area contributed by atoms with Gasteiger partial charge < -0.3 is 9.64 Å². The molecule has 1 aromatic heterocycles. The van der Waals surface area contributed by atoms with Gasteiger partial charge in [0.2, 0.25) is 5.13 Å². The molecule has 30 heavy (non-hydrogen) atoms. The van der Waals surface area contributed by atoms with Crippen LogP contribution in [0.3, 0.4) is 0 Å². The van der Waals surface area contributed by atoms with Gasteiger partial charge in [0, 0.05) is 37.1 Å². The summed E-state index contributed by atoms with van der Waals surface area (Å²) >= 11 is 0.994. The molecule has 2 aromatic rings. The van der Waals surface area contributed by atoms with E-state index >= 15 is 0 Å². The van der Waals surface area contributed by atoms with Crippen LogP contribution in [-0.2, 0) is 20.8 Å². The van der Waals surface area contributed by atoms with E-state index in [0.717, 1.165) is 11.5 Å². The lowest BCUT2D eigenvalue weighted by Gasteiger charge is -2.24. The van der Waals surface area contributed by atoms with Gasteiger partial charge in [-0.1, -0.05) is 11.3 Å². The molecule has 166 valence electrons. The zero-order valence-corrected chi connectivity index (χ0v) is 18.3. The molecule has 0 fully saturated rings. The van der Waals surface area contributed by atoms with E-state index in [1.807, 2.05) is 25.7 Å². The van der Waals surface area contributed by atoms with E-state index in [1.165, 1.54) is 19.2 Å². The normalized spacial score (nSPS) is 13.6. The van der Waals surface area contributed by atoms with Crippen molar-refractivity contribution in [3.8, 4) is 5.75 Å². The molecule has 14 heteroatoms. The van der Waals surface area contributed by atoms with Crippen molar-refractivity contribution in [3.05, 3.63) is 18.0 Å². The predicted molar refractivity (Wildman–Crippen MR) is 108 cm³/mol. The highest BCUT2D eigenvalue weighted by molar-refractivity contribution is 7.89. The SMILES string of the molecule is CCc1nsc(N=Nc2cc(OC)c(N(CC)CC)cc2N=S(=O)(OF)C(F)F)n1. The van der Waals surface area contributed by atoms with E-state index in [9.17, 15) is 17.5 Å². The van der Waals surface area contributed by atoms with Gasteiger partial charge in [0.05, 0.1) is 12.8 Å². The summed E-state index contributed by atoms with van der Waals surface area (Å²) in [5, 5.41) is 8.10. The average molecular weight is 467 g/mol. The van der Waals surface area contributed by atoms with Gasteiger partial charge in [-0.25, -0.2) is 9.19 Å². The third-order valence-electron chi connectivity index (χ3n) is 3.94. The molecule has 0 aliphatic carbocycles. The van der Waals surface area contributed by atoms with Crippen molar-refractivity contribution in [2.24, 2.45) is 14.6 Å². The van der Waals surface area contributed by atoms with Crippen molar-refractivity contribution in [1.29, 1.82) is 0 Å². The highest BCUT2D eigenvalue weighted by Crippen LogP contribution is 2.42. The minimum Gasteiger partial charge on any atom is -0.494 e. The van der Waals surface area contributed by atoms with Gasteiger partial charge in [-0.3, -0.25) is 0 Å². The number of benzene rings is 1. The predicted octanol–water partition coefficient (Wildman–Crippen LogP) is 5.51. The Labute approximate surface area is 176 Å². The zero-order chi connectivity index (χ0) is 22.3. The average Bonchev–Trinajstić information content (AvgIpc) is 3.21. The Bertz CT molecular complexity index is 1000. The fourth-order valence-electron chi connectivity index (χ4n) is 2.42. The standard InChI is InChI=1S/C16H21F3N6O3S2/c1-5-14-20-16(29-23-14)22-21-10-9-13(27-4)12(25(6-2)7-3)8-11(10)24-30(26,28-19)15(17)18/h8-9,15H,5-7H2,1-4H3. The van der Waals surface area contributed by atoms with Gasteiger partial charge in [0.25, 0.3) is 10.0 Å². The Morgan fingerprint density at radius 1 is 1.20 bits per heavy atom. The highest BCUT2D eigenvalue weighted by Gasteiger charge is 2.26. The second-order valence-electron chi connectivity index (χ2n) is 5.66. The Balaban J connectivity index is 2.68. The summed E-state index contributed by atoms with van der Waals surface area (Å²) in [6.45, 7) is 6.74. The van der Waals surface area contributed by atoms with Crippen LogP contribution < -0.4 is 9.64 Å². The van der Waals surface area contributed by atoms with Crippen molar-refractivity contribution in [2.75, 3.05) is 25.1 Å². The summed E-state index contributed by atoms with van der Waals surface area (Å²) in [6.07, 6.45) is 0.600. The number of nitrogens with zero attached hydrogens (tertiary/aromatic N) is 6. The number of anilines is 1. The number of methoxy groups -OCH3 is 1. The molecule has 1 atom stereocenters. The van der Waals surface area contributed by atoms with Crippen LogP contribution in [0.2, 0.25) is 0 Å². The van der Waals surface area contributed by atoms with Crippen molar-refractivity contribution in [2.45, 2.75) is 32.9 Å². The van der Waals surface area contributed by atoms with Crippen LogP contribution in [0.25, 0.3) is 0 Å². The fraction of sp³-hybridized carbons (Fsp3) is 0.500. The van der Waals surface area contributed by atoms with E-state index in [-0.39, 0.29) is 16.5 Å². The lowest BCUT2D eigenvalue weighted by Crippen LogP contribution is -2.22. The summed E-state index contributed by atoms with van der Waals surface area (Å²) in [7, 11) is -3.52. The molecule has 9 nitrogen and oxygen atoms in total. The molecule has 0 radical (unpaired) electrons. The molecular formula is C16H21F3N6O3S2. The monoisotopic (exact) mass is 466 g/mol. The summed E-state index contributed by atoms with van der Waals surface area (Å²) in [4.78, 5) is 5.97. The fourth-order valence-corrected chi connectivity index (χ4v) is 3.58. The molecule has 0 spiro atoms. The third-order valence-corrected chi connectivity index (χ3v) is 5.66. The molecule has 0 saturated carbocycles. The van der Waals surface area contributed by atoms with Crippen LogP contribution >= 0.6 is 11.5 Å². The maximum Gasteiger partial charge on any atom is 0.345 e. The number of halogens is 3. The number of alkyl halides is 2. The van der Waals surface area contributed by atoms with Crippen LogP contribution in [0.5, 0.6) is 5.75 Å². The van der Waals surface area contributed by atoms with E-state index in [4.69, 9.17) is 4.74 Å². The second-order valence-corrected chi connectivity index (χ2v) is 8.09. The first-order valence-corrected chi connectivity index (χ1v) is 11.1. The number of rotatable bonds is 10. The molecule has 1 aromatic carbocycles. The van der Waals surface area contributed by atoms with Gasteiger partial charge in [0.1, 0.15) is 22.9 Å². The number of aromatic nitrogens is 2. The Hall–Kier alpha value is -2.32. The highest BCUT2D eigenvalue weighted by atomic mass is 32.2. The summed E-state index contributed by atoms with van der Waals surface area (Å²) in [6, 6.07) is 2.69. The van der Waals surface area contributed by atoms with Crippen molar-refractivity contribution < 1.29 is 26.6 Å². The van der Waals surface area contributed by atoms with Crippen LogP contribution in [0, 0.1) is 0 Å². The van der Waals surface area contributed by atoms with Crippen molar-refractivity contribution in [1.82, 2.24) is 9.36 Å². The minimum atomic E-state index is -4.94. The van der Waals surface area contributed by atoms with Gasteiger partial charge in [0.15, 0.2) is 0 Å². The largest absolute Gasteiger partial charge is 0.494 e. The summed E-state index contributed by atoms with van der Waals surface area (Å²) in [5.74, 6) is -2.76. The first kappa shape index (κ1) is 24.0. The van der Waals surface area contributed by atoms with Gasteiger partial charge in [-0.05, 0) is 24.4 Å². The molecule has 0 aliphatic heterocycles. The van der Waals surface area contributed by atoms with E-state index in [1.54, 1.807) is 0 Å². The lowest BCUT2D eigenvalue weighted by molar-refractivity contribution is -0.000950. The molecule has 0 N–H and O–H groups in total. The number of aryl methyl sites for hydroxylation is 1. The first-order chi connectivity index (χ1) is 14.3. The molecular weight excluding hydrogens is 445 g/mol. The summed E-state index contributed by atoms with van der Waals surface area (Å²) < 4.78 is 66.7. The molecule has 0 saturated heterocycles. The van der Waals surface area contributed by atoms with Gasteiger partial charge in [-0.15, -0.1) is 10.2 Å². The van der Waals surface area contributed by atoms with Crippen molar-refractivity contribution in [3.63, 3.8) is 0 Å². The zero-order valence-electron chi connectivity index (χ0n) is 16.7. The van der Waals surface area contributed by atoms with Gasteiger partial charge >= 0.3 is 5.76 Å². The third kappa shape index (κ3) is 5.43. The molecule has 1 unspecified atom stereocenters. The second kappa shape index (κ2) is 10.6. The van der Waals surface area contributed by atoms with Crippen LogP contribution in [0.1, 0.15) is 26.6 Å². The van der Waals surface area contributed by atoms with Crippen LogP contribution in [-0.4, -0.2) is 39.5 Å². The first-order valence-electron chi connectivity index (χ1n) is 8.87.